The summed E-state index contributed by atoms with van der Waals surface area (Å²) in [6, 6.07) is 15.0. The fourth-order valence-corrected chi connectivity index (χ4v) is 3.39. The Bertz CT molecular complexity index is 1090. The molecule has 0 atom stereocenters. The Morgan fingerprint density at radius 1 is 1.11 bits per heavy atom. The van der Waals surface area contributed by atoms with Gasteiger partial charge in [-0.25, -0.2) is 9.97 Å². The molecule has 2 aromatic heterocycles. The molecular formula is C20H16ClN5OS. The number of nitrogens with one attached hydrogen (secondary N) is 2. The molecular weight excluding hydrogens is 394 g/mol. The Balaban J connectivity index is 1.76. The molecule has 6 nitrogen and oxygen atoms in total. The molecule has 0 unspecified atom stereocenters. The van der Waals surface area contributed by atoms with Gasteiger partial charge in [-0.05, 0) is 17.7 Å². The van der Waals surface area contributed by atoms with Gasteiger partial charge in [0, 0.05) is 34.3 Å². The molecule has 2 heterocycles. The number of amides is 1. The highest BCUT2D eigenvalue weighted by Crippen LogP contribution is 2.28. The Morgan fingerprint density at radius 2 is 1.82 bits per heavy atom. The summed E-state index contributed by atoms with van der Waals surface area (Å²) in [6.45, 7) is 0.468. The van der Waals surface area contributed by atoms with Gasteiger partial charge in [0.25, 0.3) is 5.91 Å². The maximum Gasteiger partial charge on any atom is 0.278 e. The molecule has 0 saturated carbocycles. The number of aromatic amines is 1. The molecule has 8 heteroatoms. The third-order valence-corrected chi connectivity index (χ3v) is 5.11. The van der Waals surface area contributed by atoms with Crippen LogP contribution in [0.25, 0.3) is 22.6 Å². The van der Waals surface area contributed by atoms with E-state index in [1.807, 2.05) is 36.4 Å². The van der Waals surface area contributed by atoms with Crippen LogP contribution in [0, 0.1) is 0 Å². The highest BCUT2D eigenvalue weighted by atomic mass is 35.5. The second-order valence-corrected chi connectivity index (χ2v) is 7.34. The Kier molecular flexibility index (Phi) is 5.21. The van der Waals surface area contributed by atoms with Crippen molar-refractivity contribution in [1.82, 2.24) is 15.0 Å². The Morgan fingerprint density at radius 3 is 2.46 bits per heavy atom. The molecule has 28 heavy (non-hydrogen) atoms. The van der Waals surface area contributed by atoms with Crippen LogP contribution in [0.5, 0.6) is 0 Å². The first-order chi connectivity index (χ1) is 13.6. The van der Waals surface area contributed by atoms with Gasteiger partial charge < -0.3 is 10.7 Å². The number of halogens is 1. The predicted octanol–water partition coefficient (Wildman–Crippen LogP) is 4.56. The maximum absolute atomic E-state index is 12.8. The van der Waals surface area contributed by atoms with Crippen LogP contribution >= 0.6 is 22.9 Å². The minimum atomic E-state index is -0.332. The number of nitrogens with two attached hydrogens (primary N) is 1. The summed E-state index contributed by atoms with van der Waals surface area (Å²) in [7, 11) is 0. The average Bonchev–Trinajstić information content (AvgIpc) is 3.39. The number of anilines is 1. The standard InChI is InChI=1S/C20H16ClN5OS/c21-15-7-5-13(6-8-15)16-17(19(27)26-20-23-9-10-28-20)25-18(24-16)14-3-1-12(11-22)2-4-14/h1-10H,11,22H2,(H,24,25)(H,23,26,27). The fourth-order valence-electron chi connectivity index (χ4n) is 2.74. The summed E-state index contributed by atoms with van der Waals surface area (Å²) in [5.41, 5.74) is 9.26. The van der Waals surface area contributed by atoms with Crippen molar-refractivity contribution < 1.29 is 4.79 Å². The van der Waals surface area contributed by atoms with Crippen LogP contribution in [0.2, 0.25) is 5.02 Å². The van der Waals surface area contributed by atoms with Gasteiger partial charge in [0.15, 0.2) is 10.8 Å². The van der Waals surface area contributed by atoms with Gasteiger partial charge in [0.2, 0.25) is 0 Å². The number of carbonyl (C=O) groups is 1. The van der Waals surface area contributed by atoms with Crippen LogP contribution in [0.1, 0.15) is 16.1 Å². The van der Waals surface area contributed by atoms with Gasteiger partial charge in [0.05, 0.1) is 5.69 Å². The second-order valence-electron chi connectivity index (χ2n) is 6.01. The van der Waals surface area contributed by atoms with Gasteiger partial charge in [-0.3, -0.25) is 10.1 Å². The van der Waals surface area contributed by atoms with Gasteiger partial charge in [-0.15, -0.1) is 11.3 Å². The Labute approximate surface area is 170 Å². The fraction of sp³-hybridized carbons (Fsp3) is 0.0500. The topological polar surface area (TPSA) is 96.7 Å². The van der Waals surface area contributed by atoms with Crippen molar-refractivity contribution in [3.05, 3.63) is 76.4 Å². The van der Waals surface area contributed by atoms with Crippen molar-refractivity contribution in [2.24, 2.45) is 5.73 Å². The molecule has 1 amide bonds. The van der Waals surface area contributed by atoms with Crippen molar-refractivity contribution in [3.63, 3.8) is 0 Å². The van der Waals surface area contributed by atoms with Crippen molar-refractivity contribution >= 4 is 34.0 Å². The highest BCUT2D eigenvalue weighted by Gasteiger charge is 2.20. The number of aromatic nitrogens is 3. The summed E-state index contributed by atoms with van der Waals surface area (Å²) in [5.74, 6) is 0.263. The van der Waals surface area contributed by atoms with Crippen LogP contribution in [-0.2, 0) is 6.54 Å². The number of H-pyrrole nitrogens is 1. The number of carbonyl (C=O) groups excluding carboxylic acids is 1. The molecule has 4 rings (SSSR count). The van der Waals surface area contributed by atoms with Crippen molar-refractivity contribution in [2.75, 3.05) is 5.32 Å². The SMILES string of the molecule is NCc1ccc(-c2nc(C(=O)Nc3nccs3)c(-c3ccc(Cl)cc3)[nH]2)cc1. The highest BCUT2D eigenvalue weighted by molar-refractivity contribution is 7.13. The number of nitrogens with zero attached hydrogens (tertiary/aromatic N) is 2. The molecule has 2 aromatic carbocycles. The summed E-state index contributed by atoms with van der Waals surface area (Å²) in [6.07, 6.45) is 1.63. The van der Waals surface area contributed by atoms with Crippen molar-refractivity contribution in [1.29, 1.82) is 0 Å². The number of thiazole rings is 1. The van der Waals surface area contributed by atoms with E-state index in [1.54, 1.807) is 23.7 Å². The summed E-state index contributed by atoms with van der Waals surface area (Å²) in [4.78, 5) is 24.8. The van der Waals surface area contributed by atoms with Gasteiger partial charge in [-0.2, -0.15) is 0 Å². The lowest BCUT2D eigenvalue weighted by Crippen LogP contribution is -2.13. The molecule has 0 spiro atoms. The lowest BCUT2D eigenvalue weighted by Gasteiger charge is -2.03. The van der Waals surface area contributed by atoms with Crippen molar-refractivity contribution in [3.8, 4) is 22.6 Å². The summed E-state index contributed by atoms with van der Waals surface area (Å²) in [5, 5.41) is 5.72. The number of imidazole rings is 1. The molecule has 0 radical (unpaired) electrons. The van der Waals surface area contributed by atoms with E-state index in [0.717, 1.165) is 16.7 Å². The Hall–Kier alpha value is -3.00. The average molecular weight is 410 g/mol. The van der Waals surface area contributed by atoms with E-state index in [1.165, 1.54) is 11.3 Å². The zero-order valence-electron chi connectivity index (χ0n) is 14.6. The van der Waals surface area contributed by atoms with E-state index < -0.39 is 0 Å². The minimum Gasteiger partial charge on any atom is -0.337 e. The maximum atomic E-state index is 12.8. The number of hydrogen-bond acceptors (Lipinski definition) is 5. The molecule has 0 aliphatic carbocycles. The molecule has 0 bridgehead atoms. The first-order valence-electron chi connectivity index (χ1n) is 8.50. The molecule has 4 N–H and O–H groups in total. The lowest BCUT2D eigenvalue weighted by atomic mass is 10.1. The van der Waals surface area contributed by atoms with E-state index in [0.29, 0.717) is 28.2 Å². The quantitative estimate of drug-likeness (QED) is 0.450. The van der Waals surface area contributed by atoms with Crippen molar-refractivity contribution in [2.45, 2.75) is 6.54 Å². The number of hydrogen-bond donors (Lipinski definition) is 3. The first-order valence-corrected chi connectivity index (χ1v) is 9.76. The second kappa shape index (κ2) is 7.93. The third kappa shape index (κ3) is 3.82. The first kappa shape index (κ1) is 18.4. The van der Waals surface area contributed by atoms with Crippen LogP contribution < -0.4 is 11.1 Å². The van der Waals surface area contributed by atoms with E-state index in [9.17, 15) is 4.79 Å². The molecule has 0 aliphatic rings. The molecule has 0 fully saturated rings. The van der Waals surface area contributed by atoms with Gasteiger partial charge in [-0.1, -0.05) is 48.0 Å². The minimum absolute atomic E-state index is 0.287. The van der Waals surface area contributed by atoms with E-state index >= 15 is 0 Å². The summed E-state index contributed by atoms with van der Waals surface area (Å²) >= 11 is 7.35. The van der Waals surface area contributed by atoms with Crippen LogP contribution in [0.3, 0.4) is 0 Å². The largest absolute Gasteiger partial charge is 0.337 e. The smallest absolute Gasteiger partial charge is 0.278 e. The third-order valence-electron chi connectivity index (χ3n) is 4.17. The molecule has 140 valence electrons. The zero-order chi connectivity index (χ0) is 19.5. The van der Waals surface area contributed by atoms with E-state index in [-0.39, 0.29) is 11.6 Å². The predicted molar refractivity (Wildman–Crippen MR) is 112 cm³/mol. The van der Waals surface area contributed by atoms with Crippen LogP contribution in [-0.4, -0.2) is 20.9 Å². The normalized spacial score (nSPS) is 10.8. The zero-order valence-corrected chi connectivity index (χ0v) is 16.2. The van der Waals surface area contributed by atoms with E-state index in [4.69, 9.17) is 17.3 Å². The monoisotopic (exact) mass is 409 g/mol. The van der Waals surface area contributed by atoms with E-state index in [2.05, 4.69) is 20.3 Å². The molecule has 0 aliphatic heterocycles. The molecule has 4 aromatic rings. The van der Waals surface area contributed by atoms with Crippen LogP contribution in [0.4, 0.5) is 5.13 Å². The lowest BCUT2D eigenvalue weighted by molar-refractivity contribution is 0.102. The van der Waals surface area contributed by atoms with Gasteiger partial charge in [0.1, 0.15) is 5.82 Å². The number of rotatable bonds is 5. The van der Waals surface area contributed by atoms with Crippen LogP contribution in [0.15, 0.2) is 60.1 Å². The number of benzene rings is 2. The summed E-state index contributed by atoms with van der Waals surface area (Å²) < 4.78 is 0. The van der Waals surface area contributed by atoms with Gasteiger partial charge >= 0.3 is 0 Å². The molecule has 0 saturated heterocycles.